The molecule has 0 bridgehead atoms. The quantitative estimate of drug-likeness (QED) is 0.664. The molecule has 20 heavy (non-hydrogen) atoms. The lowest BCUT2D eigenvalue weighted by Crippen LogP contribution is -2.26. The van der Waals surface area contributed by atoms with E-state index in [2.05, 4.69) is 23.1 Å². The first kappa shape index (κ1) is 14.1. The number of aliphatic hydroxyl groups excluding tert-OH is 1. The number of nitrogens with one attached hydrogen (secondary N) is 1. The molecule has 2 aromatic rings. The molecule has 2 rings (SSSR count). The summed E-state index contributed by atoms with van der Waals surface area (Å²) in [6.45, 7) is 13.2. The third-order valence-corrected chi connectivity index (χ3v) is 3.70. The van der Waals surface area contributed by atoms with Crippen molar-refractivity contribution in [2.75, 3.05) is 0 Å². The first-order chi connectivity index (χ1) is 9.23. The molecule has 0 unspecified atom stereocenters. The smallest absolute Gasteiger partial charge is 0.258 e. The van der Waals surface area contributed by atoms with Crippen LogP contribution < -0.4 is 5.56 Å². The van der Waals surface area contributed by atoms with Crippen LogP contribution >= 0.6 is 0 Å². The van der Waals surface area contributed by atoms with Gasteiger partial charge in [-0.25, -0.2) is 4.98 Å². The SMILES string of the molecule is C=C(O)c1ccc2c(=O)[nH]c(C(C)(C)C(=C)C)nc2c1. The van der Waals surface area contributed by atoms with Crippen molar-refractivity contribution in [3.05, 3.63) is 58.7 Å². The molecule has 0 fully saturated rings. The zero-order valence-electron chi connectivity index (χ0n) is 11.9. The van der Waals surface area contributed by atoms with Crippen molar-refractivity contribution >= 4 is 16.7 Å². The Labute approximate surface area is 117 Å². The Morgan fingerprint density at radius 3 is 2.55 bits per heavy atom. The number of aliphatic hydroxyl groups is 1. The van der Waals surface area contributed by atoms with E-state index < -0.39 is 5.41 Å². The number of fused-ring (bicyclic) bond motifs is 1. The molecule has 1 aromatic carbocycles. The molecule has 1 aromatic heterocycles. The summed E-state index contributed by atoms with van der Waals surface area (Å²) in [5, 5.41) is 9.93. The Balaban J connectivity index is 2.76. The fourth-order valence-electron chi connectivity index (χ4n) is 1.82. The molecule has 0 aliphatic rings. The summed E-state index contributed by atoms with van der Waals surface area (Å²) in [4.78, 5) is 19.5. The maximum atomic E-state index is 12.1. The van der Waals surface area contributed by atoms with Crippen molar-refractivity contribution in [3.63, 3.8) is 0 Å². The highest BCUT2D eigenvalue weighted by molar-refractivity contribution is 5.81. The molecule has 2 N–H and O–H groups in total. The summed E-state index contributed by atoms with van der Waals surface area (Å²) < 4.78 is 0. The zero-order valence-corrected chi connectivity index (χ0v) is 11.9. The predicted molar refractivity (Wildman–Crippen MR) is 81.9 cm³/mol. The van der Waals surface area contributed by atoms with E-state index in [1.807, 2.05) is 20.8 Å². The molecular weight excluding hydrogens is 252 g/mol. The fourth-order valence-corrected chi connectivity index (χ4v) is 1.82. The standard InChI is InChI=1S/C16H18N2O2/c1-9(2)16(4,5)15-17-13-8-11(10(3)19)6-7-12(13)14(20)18-15/h6-8,19H,1,3H2,2,4-5H3,(H,17,18,20). The van der Waals surface area contributed by atoms with Gasteiger partial charge in [0.25, 0.3) is 5.56 Å². The summed E-state index contributed by atoms with van der Waals surface area (Å²) >= 11 is 0. The van der Waals surface area contributed by atoms with Gasteiger partial charge in [0.05, 0.1) is 10.9 Å². The highest BCUT2D eigenvalue weighted by Gasteiger charge is 2.25. The highest BCUT2D eigenvalue weighted by Crippen LogP contribution is 2.27. The van der Waals surface area contributed by atoms with Crippen LogP contribution in [0.3, 0.4) is 0 Å². The summed E-state index contributed by atoms with van der Waals surface area (Å²) in [6.07, 6.45) is 0. The molecule has 1 heterocycles. The number of nitrogens with zero attached hydrogens (tertiary/aromatic N) is 1. The third kappa shape index (κ3) is 2.25. The number of hydrogen-bond donors (Lipinski definition) is 2. The van der Waals surface area contributed by atoms with Crippen LogP contribution in [0, 0.1) is 0 Å². The van der Waals surface area contributed by atoms with E-state index in [0.29, 0.717) is 22.3 Å². The summed E-state index contributed by atoms with van der Waals surface area (Å²) in [7, 11) is 0. The number of aromatic amines is 1. The fraction of sp³-hybridized carbons (Fsp3) is 0.250. The van der Waals surface area contributed by atoms with Gasteiger partial charge < -0.3 is 10.1 Å². The van der Waals surface area contributed by atoms with Crippen LogP contribution in [-0.2, 0) is 5.41 Å². The Morgan fingerprint density at radius 2 is 2.00 bits per heavy atom. The van der Waals surface area contributed by atoms with Crippen molar-refractivity contribution in [1.29, 1.82) is 0 Å². The van der Waals surface area contributed by atoms with Crippen molar-refractivity contribution in [3.8, 4) is 0 Å². The van der Waals surface area contributed by atoms with Crippen LogP contribution in [0.15, 0.2) is 41.7 Å². The zero-order chi connectivity index (χ0) is 15.1. The summed E-state index contributed by atoms with van der Waals surface area (Å²) in [5.41, 5.74) is 1.36. The van der Waals surface area contributed by atoms with Gasteiger partial charge >= 0.3 is 0 Å². The van der Waals surface area contributed by atoms with Crippen molar-refractivity contribution < 1.29 is 5.11 Å². The van der Waals surface area contributed by atoms with Gasteiger partial charge in [-0.05, 0) is 32.9 Å². The molecule has 104 valence electrons. The van der Waals surface area contributed by atoms with Crippen LogP contribution in [-0.4, -0.2) is 15.1 Å². The van der Waals surface area contributed by atoms with E-state index in [-0.39, 0.29) is 11.3 Å². The normalized spacial score (nSPS) is 11.6. The number of aromatic nitrogens is 2. The lowest BCUT2D eigenvalue weighted by Gasteiger charge is -2.24. The molecule has 0 saturated heterocycles. The number of allylic oxidation sites excluding steroid dienone is 1. The van der Waals surface area contributed by atoms with E-state index in [1.165, 1.54) is 0 Å². The molecule has 4 nitrogen and oxygen atoms in total. The molecule has 0 radical (unpaired) electrons. The van der Waals surface area contributed by atoms with Crippen LogP contribution in [0.4, 0.5) is 0 Å². The minimum atomic E-state index is -0.431. The lowest BCUT2D eigenvalue weighted by molar-refractivity contribution is 0.514. The predicted octanol–water partition coefficient (Wildman–Crippen LogP) is 3.31. The number of hydrogen-bond acceptors (Lipinski definition) is 3. The van der Waals surface area contributed by atoms with E-state index in [4.69, 9.17) is 0 Å². The Morgan fingerprint density at radius 1 is 1.35 bits per heavy atom. The first-order valence-electron chi connectivity index (χ1n) is 6.32. The molecular formula is C16H18N2O2. The molecule has 0 aliphatic heterocycles. The largest absolute Gasteiger partial charge is 0.508 e. The van der Waals surface area contributed by atoms with Gasteiger partial charge in [-0.2, -0.15) is 0 Å². The van der Waals surface area contributed by atoms with Crippen LogP contribution in [0.2, 0.25) is 0 Å². The van der Waals surface area contributed by atoms with Gasteiger partial charge in [-0.1, -0.05) is 24.8 Å². The van der Waals surface area contributed by atoms with Gasteiger partial charge in [0.15, 0.2) is 0 Å². The third-order valence-electron chi connectivity index (χ3n) is 3.70. The average molecular weight is 270 g/mol. The minimum Gasteiger partial charge on any atom is -0.508 e. The molecule has 0 aliphatic carbocycles. The molecule has 4 heteroatoms. The Kier molecular flexibility index (Phi) is 3.26. The lowest BCUT2D eigenvalue weighted by atomic mass is 9.85. The van der Waals surface area contributed by atoms with Crippen molar-refractivity contribution in [2.24, 2.45) is 0 Å². The second-order valence-corrected chi connectivity index (χ2v) is 5.50. The van der Waals surface area contributed by atoms with Crippen LogP contribution in [0.1, 0.15) is 32.2 Å². The second kappa shape index (κ2) is 4.63. The van der Waals surface area contributed by atoms with E-state index in [1.54, 1.807) is 18.2 Å². The number of rotatable bonds is 3. The van der Waals surface area contributed by atoms with E-state index >= 15 is 0 Å². The van der Waals surface area contributed by atoms with Gasteiger partial charge in [0.1, 0.15) is 11.6 Å². The van der Waals surface area contributed by atoms with Crippen molar-refractivity contribution in [2.45, 2.75) is 26.2 Å². The van der Waals surface area contributed by atoms with Crippen molar-refractivity contribution in [1.82, 2.24) is 9.97 Å². The molecule has 0 saturated carbocycles. The van der Waals surface area contributed by atoms with Crippen LogP contribution in [0.25, 0.3) is 16.7 Å². The number of H-pyrrole nitrogens is 1. The van der Waals surface area contributed by atoms with Gasteiger partial charge in [-0.15, -0.1) is 0 Å². The van der Waals surface area contributed by atoms with E-state index in [0.717, 1.165) is 5.57 Å². The second-order valence-electron chi connectivity index (χ2n) is 5.50. The molecule has 0 atom stereocenters. The Bertz CT molecular complexity index is 770. The Hall–Kier alpha value is -2.36. The van der Waals surface area contributed by atoms with Gasteiger partial charge in [-0.3, -0.25) is 4.79 Å². The van der Waals surface area contributed by atoms with E-state index in [9.17, 15) is 9.90 Å². The molecule has 0 spiro atoms. The summed E-state index contributed by atoms with van der Waals surface area (Å²) in [6, 6.07) is 4.94. The van der Waals surface area contributed by atoms with Gasteiger partial charge in [0.2, 0.25) is 0 Å². The molecule has 0 amide bonds. The highest BCUT2D eigenvalue weighted by atomic mass is 16.3. The average Bonchev–Trinajstić information content (AvgIpc) is 2.37. The topological polar surface area (TPSA) is 66.0 Å². The maximum Gasteiger partial charge on any atom is 0.258 e. The maximum absolute atomic E-state index is 12.1. The first-order valence-corrected chi connectivity index (χ1v) is 6.32. The van der Waals surface area contributed by atoms with Gasteiger partial charge in [0, 0.05) is 11.0 Å². The summed E-state index contributed by atoms with van der Waals surface area (Å²) in [5.74, 6) is 0.512. The number of benzene rings is 1. The minimum absolute atomic E-state index is 0.0466. The monoisotopic (exact) mass is 270 g/mol. The van der Waals surface area contributed by atoms with Crippen LogP contribution in [0.5, 0.6) is 0 Å².